The van der Waals surface area contributed by atoms with Crippen LogP contribution in [0.1, 0.15) is 27.8 Å². The zero-order valence-corrected chi connectivity index (χ0v) is 13.1. The molecule has 92 valence electrons. The molecule has 1 aliphatic rings. The number of halogens is 2. The van der Waals surface area contributed by atoms with E-state index in [-0.39, 0.29) is 11.9 Å². The molecule has 18 heavy (non-hydrogen) atoms. The van der Waals surface area contributed by atoms with Crippen molar-refractivity contribution in [3.63, 3.8) is 0 Å². The second-order valence-corrected chi connectivity index (χ2v) is 7.43. The van der Waals surface area contributed by atoms with Gasteiger partial charge >= 0.3 is 0 Å². The average Bonchev–Trinajstić information content (AvgIpc) is 2.75. The largest absolute Gasteiger partial charge is 0.484 e. The fourth-order valence-electron chi connectivity index (χ4n) is 1.96. The Kier molecular flexibility index (Phi) is 3.30. The summed E-state index contributed by atoms with van der Waals surface area (Å²) in [5.41, 5.74) is 0.671. The summed E-state index contributed by atoms with van der Waals surface area (Å²) in [6, 6.07) is 9.49. The van der Waals surface area contributed by atoms with Gasteiger partial charge in [-0.2, -0.15) is 0 Å². The Bertz CT molecular complexity index is 621. The second kappa shape index (κ2) is 4.79. The molecule has 2 heterocycles. The third-order valence-electron chi connectivity index (χ3n) is 2.80. The molecule has 0 fully saturated rings. The normalized spacial score (nSPS) is 18.3. The van der Waals surface area contributed by atoms with E-state index in [0.717, 1.165) is 13.1 Å². The zero-order chi connectivity index (χ0) is 12.7. The maximum atomic E-state index is 12.1. The number of hydrogen-bond acceptors (Lipinski definition) is 3. The van der Waals surface area contributed by atoms with Gasteiger partial charge < -0.3 is 4.74 Å². The highest BCUT2D eigenvalue weighted by atomic mass is 79.9. The van der Waals surface area contributed by atoms with E-state index in [4.69, 9.17) is 4.74 Å². The first-order chi connectivity index (χ1) is 8.63. The molecule has 1 aromatic heterocycles. The number of benzene rings is 1. The smallest absolute Gasteiger partial charge is 0.170 e. The van der Waals surface area contributed by atoms with Crippen molar-refractivity contribution in [2.75, 3.05) is 0 Å². The summed E-state index contributed by atoms with van der Waals surface area (Å²) >= 11 is 8.43. The Hall–Kier alpha value is -0.650. The molecule has 0 saturated heterocycles. The third-order valence-corrected chi connectivity index (χ3v) is 5.00. The number of ether oxygens (including phenoxy) is 1. The molecular weight excluding hydrogens is 380 g/mol. The summed E-state index contributed by atoms with van der Waals surface area (Å²) in [4.78, 5) is 13.2. The first-order valence-corrected chi connectivity index (χ1v) is 7.78. The lowest BCUT2D eigenvalue weighted by atomic mass is 10.00. The standard InChI is InChI=1S/C13H8Br2O2S/c14-7-1-2-8-9(16)6-11(17-10(8)5-7)12-3-4-13(15)18-12/h1-5,11H,6H2. The quantitative estimate of drug-likeness (QED) is 0.689. The summed E-state index contributed by atoms with van der Waals surface area (Å²) in [6.45, 7) is 0. The highest BCUT2D eigenvalue weighted by Gasteiger charge is 2.28. The second-order valence-electron chi connectivity index (χ2n) is 4.02. The van der Waals surface area contributed by atoms with Gasteiger partial charge in [0.15, 0.2) is 5.78 Å². The molecule has 0 aliphatic carbocycles. The number of carbonyl (C=O) groups excluding carboxylic acids is 1. The van der Waals surface area contributed by atoms with Crippen LogP contribution < -0.4 is 4.74 Å². The minimum atomic E-state index is -0.171. The molecule has 2 aromatic rings. The molecule has 0 spiro atoms. The molecule has 1 atom stereocenters. The van der Waals surface area contributed by atoms with Gasteiger partial charge in [0.05, 0.1) is 15.8 Å². The van der Waals surface area contributed by atoms with Gasteiger partial charge in [-0.25, -0.2) is 0 Å². The van der Waals surface area contributed by atoms with Crippen LogP contribution in [0.4, 0.5) is 0 Å². The molecule has 0 N–H and O–H groups in total. The lowest BCUT2D eigenvalue weighted by Crippen LogP contribution is -2.19. The van der Waals surface area contributed by atoms with Gasteiger partial charge in [0, 0.05) is 9.35 Å². The summed E-state index contributed by atoms with van der Waals surface area (Å²) in [7, 11) is 0. The Balaban J connectivity index is 1.98. The Morgan fingerprint density at radius 1 is 1.22 bits per heavy atom. The van der Waals surface area contributed by atoms with Crippen LogP contribution in [-0.2, 0) is 0 Å². The predicted molar refractivity (Wildman–Crippen MR) is 78.5 cm³/mol. The van der Waals surface area contributed by atoms with E-state index < -0.39 is 0 Å². The van der Waals surface area contributed by atoms with Crippen LogP contribution in [0.15, 0.2) is 38.6 Å². The molecule has 0 radical (unpaired) electrons. The minimum Gasteiger partial charge on any atom is -0.484 e. The summed E-state index contributed by atoms with van der Waals surface area (Å²) < 4.78 is 7.89. The predicted octanol–water partition coefficient (Wildman–Crippen LogP) is 4.98. The molecule has 1 unspecified atom stereocenters. The molecular formula is C13H8Br2O2S. The van der Waals surface area contributed by atoms with Crippen LogP contribution in [0, 0.1) is 0 Å². The lowest BCUT2D eigenvalue weighted by Gasteiger charge is -2.24. The van der Waals surface area contributed by atoms with Crippen molar-refractivity contribution in [3.05, 3.63) is 49.0 Å². The van der Waals surface area contributed by atoms with Crippen LogP contribution in [0.25, 0.3) is 0 Å². The highest BCUT2D eigenvalue weighted by molar-refractivity contribution is 9.11. The van der Waals surface area contributed by atoms with Crippen molar-refractivity contribution in [2.24, 2.45) is 0 Å². The van der Waals surface area contributed by atoms with Gasteiger partial charge in [0.1, 0.15) is 11.9 Å². The maximum absolute atomic E-state index is 12.1. The molecule has 2 nitrogen and oxygen atoms in total. The van der Waals surface area contributed by atoms with Crippen LogP contribution in [-0.4, -0.2) is 5.78 Å². The Morgan fingerprint density at radius 3 is 2.78 bits per heavy atom. The molecule has 3 rings (SSSR count). The number of hydrogen-bond donors (Lipinski definition) is 0. The van der Waals surface area contributed by atoms with Gasteiger partial charge in [0.25, 0.3) is 0 Å². The van der Waals surface area contributed by atoms with E-state index in [1.54, 1.807) is 11.3 Å². The maximum Gasteiger partial charge on any atom is 0.170 e. The minimum absolute atomic E-state index is 0.137. The fraction of sp³-hybridized carbons (Fsp3) is 0.154. The Morgan fingerprint density at radius 2 is 2.06 bits per heavy atom. The molecule has 0 amide bonds. The fourth-order valence-corrected chi connectivity index (χ4v) is 3.75. The molecule has 0 saturated carbocycles. The van der Waals surface area contributed by atoms with Crippen molar-refractivity contribution in [3.8, 4) is 5.75 Å². The number of thiophene rings is 1. The van der Waals surface area contributed by atoms with E-state index in [0.29, 0.717) is 17.7 Å². The van der Waals surface area contributed by atoms with Crippen LogP contribution >= 0.6 is 43.2 Å². The van der Waals surface area contributed by atoms with Crippen LogP contribution in [0.3, 0.4) is 0 Å². The number of carbonyl (C=O) groups is 1. The highest BCUT2D eigenvalue weighted by Crippen LogP contribution is 2.39. The lowest BCUT2D eigenvalue weighted by molar-refractivity contribution is 0.0854. The van der Waals surface area contributed by atoms with Gasteiger partial charge in [-0.05, 0) is 46.3 Å². The van der Waals surface area contributed by atoms with E-state index in [9.17, 15) is 4.79 Å². The van der Waals surface area contributed by atoms with E-state index in [1.165, 1.54) is 0 Å². The first-order valence-electron chi connectivity index (χ1n) is 5.38. The number of Topliss-reactive ketones (excluding diaryl/α,β-unsaturated/α-hetero) is 1. The van der Waals surface area contributed by atoms with Gasteiger partial charge in [-0.3, -0.25) is 4.79 Å². The molecule has 1 aliphatic heterocycles. The molecule has 0 bridgehead atoms. The van der Waals surface area contributed by atoms with Crippen molar-refractivity contribution < 1.29 is 9.53 Å². The summed E-state index contributed by atoms with van der Waals surface area (Å²) in [5.74, 6) is 0.799. The van der Waals surface area contributed by atoms with Gasteiger partial charge in [-0.1, -0.05) is 15.9 Å². The van der Waals surface area contributed by atoms with Crippen molar-refractivity contribution in [1.29, 1.82) is 0 Å². The monoisotopic (exact) mass is 386 g/mol. The number of fused-ring (bicyclic) bond motifs is 1. The van der Waals surface area contributed by atoms with E-state index in [2.05, 4.69) is 31.9 Å². The average molecular weight is 388 g/mol. The van der Waals surface area contributed by atoms with Crippen molar-refractivity contribution >= 4 is 49.0 Å². The summed E-state index contributed by atoms with van der Waals surface area (Å²) in [5, 5.41) is 0. The topological polar surface area (TPSA) is 26.3 Å². The SMILES string of the molecule is O=C1CC(c2ccc(Br)s2)Oc2cc(Br)ccc21. The number of rotatable bonds is 1. The van der Waals surface area contributed by atoms with Crippen LogP contribution in [0.5, 0.6) is 5.75 Å². The third kappa shape index (κ3) is 2.27. The number of ketones is 1. The molecule has 5 heteroatoms. The summed E-state index contributed by atoms with van der Waals surface area (Å²) in [6.07, 6.45) is 0.234. The van der Waals surface area contributed by atoms with Gasteiger partial charge in [-0.15, -0.1) is 11.3 Å². The van der Waals surface area contributed by atoms with E-state index >= 15 is 0 Å². The Labute approximate surface area is 125 Å². The first kappa shape index (κ1) is 12.4. The van der Waals surface area contributed by atoms with Crippen molar-refractivity contribution in [1.82, 2.24) is 0 Å². The molecule has 1 aromatic carbocycles. The van der Waals surface area contributed by atoms with Crippen molar-refractivity contribution in [2.45, 2.75) is 12.5 Å². The van der Waals surface area contributed by atoms with Gasteiger partial charge in [0.2, 0.25) is 0 Å². The van der Waals surface area contributed by atoms with E-state index in [1.807, 2.05) is 30.3 Å². The van der Waals surface area contributed by atoms with Crippen LogP contribution in [0.2, 0.25) is 0 Å². The zero-order valence-electron chi connectivity index (χ0n) is 9.15.